The van der Waals surface area contributed by atoms with Gasteiger partial charge in [0.2, 0.25) is 5.91 Å². The topological polar surface area (TPSA) is 133 Å². The lowest BCUT2D eigenvalue weighted by molar-refractivity contribution is -0.351. The normalized spacial score (nSPS) is 24.5. The minimum atomic E-state index is -1.08. The van der Waals surface area contributed by atoms with E-state index >= 15 is 0 Å². The van der Waals surface area contributed by atoms with Gasteiger partial charge in [0.15, 0.2) is 12.6 Å². The summed E-state index contributed by atoms with van der Waals surface area (Å²) in [6, 6.07) is 31.1. The Morgan fingerprint density at radius 3 is 2.30 bits per heavy atom. The zero-order valence-electron chi connectivity index (χ0n) is 26.0. The van der Waals surface area contributed by atoms with Gasteiger partial charge in [-0.3, -0.25) is 25.2 Å². The van der Waals surface area contributed by atoms with Crippen molar-refractivity contribution in [2.24, 2.45) is 0 Å². The predicted octanol–water partition coefficient (Wildman–Crippen LogP) is 3.94. The van der Waals surface area contributed by atoms with Crippen molar-refractivity contribution in [2.45, 2.75) is 63.5 Å². The van der Waals surface area contributed by atoms with Crippen molar-refractivity contribution in [3.8, 4) is 0 Å². The number of ether oxygens (including phenoxy) is 5. The van der Waals surface area contributed by atoms with Crippen molar-refractivity contribution < 1.29 is 38.1 Å². The second-order valence-electron chi connectivity index (χ2n) is 11.5. The van der Waals surface area contributed by atoms with E-state index in [1.807, 2.05) is 91.0 Å². The first-order chi connectivity index (χ1) is 22.9. The third-order valence-corrected chi connectivity index (χ3v) is 8.08. The fraction of sp³-hybridized carbons (Fsp3) is 0.306. The van der Waals surface area contributed by atoms with Crippen molar-refractivity contribution >= 4 is 28.5 Å². The molecule has 3 amide bonds. The summed E-state index contributed by atoms with van der Waals surface area (Å²) in [5.74, 6) is -1.42. The van der Waals surface area contributed by atoms with Crippen LogP contribution in [-0.4, -0.2) is 61.1 Å². The molecule has 2 saturated heterocycles. The summed E-state index contributed by atoms with van der Waals surface area (Å²) >= 11 is 0. The average Bonchev–Trinajstić information content (AvgIpc) is 3.10. The van der Waals surface area contributed by atoms with Gasteiger partial charge in [-0.15, -0.1) is 0 Å². The molecule has 0 spiro atoms. The van der Waals surface area contributed by atoms with Crippen LogP contribution in [0.3, 0.4) is 0 Å². The maximum atomic E-state index is 13.3. The summed E-state index contributed by atoms with van der Waals surface area (Å²) in [5, 5.41) is 4.79. The summed E-state index contributed by atoms with van der Waals surface area (Å²) in [5.41, 5.74) is 7.02. The van der Waals surface area contributed by atoms with Crippen LogP contribution in [-0.2, 0) is 39.9 Å². The zero-order chi connectivity index (χ0) is 32.8. The molecule has 4 aromatic carbocycles. The number of rotatable bonds is 9. The number of hydrogen-bond acceptors (Lipinski definition) is 8. The van der Waals surface area contributed by atoms with Gasteiger partial charge < -0.3 is 29.0 Å². The minimum Gasteiger partial charge on any atom is -0.360 e. The highest BCUT2D eigenvalue weighted by molar-refractivity contribution is 5.99. The maximum absolute atomic E-state index is 13.3. The van der Waals surface area contributed by atoms with E-state index in [0.29, 0.717) is 5.56 Å². The number of hydrazine groups is 1. The Bertz CT molecular complexity index is 1690. The van der Waals surface area contributed by atoms with Crippen LogP contribution in [0, 0.1) is 0 Å². The molecule has 7 atom stereocenters. The van der Waals surface area contributed by atoms with E-state index in [2.05, 4.69) is 16.2 Å². The number of fused-ring (bicyclic) bond motifs is 2. The molecular weight excluding hydrogens is 602 g/mol. The second-order valence-corrected chi connectivity index (χ2v) is 11.5. The molecule has 11 heteroatoms. The lowest BCUT2D eigenvalue weighted by atomic mass is 9.95. The summed E-state index contributed by atoms with van der Waals surface area (Å²) < 4.78 is 31.3. The largest absolute Gasteiger partial charge is 0.360 e. The van der Waals surface area contributed by atoms with Crippen LogP contribution in [0.25, 0.3) is 10.8 Å². The van der Waals surface area contributed by atoms with Crippen LogP contribution < -0.4 is 16.2 Å². The second kappa shape index (κ2) is 14.8. The quantitative estimate of drug-likeness (QED) is 0.235. The van der Waals surface area contributed by atoms with Gasteiger partial charge in [-0.2, -0.15) is 0 Å². The van der Waals surface area contributed by atoms with Gasteiger partial charge in [-0.1, -0.05) is 91.0 Å². The van der Waals surface area contributed by atoms with Gasteiger partial charge in [0.25, 0.3) is 11.8 Å². The average molecular weight is 640 g/mol. The molecule has 4 aromatic rings. The van der Waals surface area contributed by atoms with Gasteiger partial charge in [-0.05, 0) is 35.4 Å². The molecule has 0 radical (unpaired) electrons. The fourth-order valence-electron chi connectivity index (χ4n) is 5.72. The molecule has 2 aliphatic rings. The van der Waals surface area contributed by atoms with Crippen molar-refractivity contribution in [1.82, 2.24) is 16.2 Å². The first kappa shape index (κ1) is 32.3. The van der Waals surface area contributed by atoms with Crippen molar-refractivity contribution in [2.75, 3.05) is 6.61 Å². The third-order valence-electron chi connectivity index (χ3n) is 8.08. The molecule has 0 unspecified atom stereocenters. The zero-order valence-corrected chi connectivity index (χ0v) is 26.0. The van der Waals surface area contributed by atoms with E-state index in [1.165, 1.54) is 6.92 Å². The van der Waals surface area contributed by atoms with Crippen molar-refractivity contribution in [3.63, 3.8) is 0 Å². The van der Waals surface area contributed by atoms with E-state index in [4.69, 9.17) is 23.7 Å². The van der Waals surface area contributed by atoms with E-state index in [1.54, 1.807) is 19.1 Å². The molecular formula is C36H37N3O8. The SMILES string of the molecule is CC(=O)N[C@H]1[C@@H](OCc2ccccc2)O[C@H]2CO[C@H](c3ccccc3)O[C@H]2[C@H]1O[C@H](C)C(=O)NNC(=O)c1ccc2ccccc2c1. The van der Waals surface area contributed by atoms with Crippen LogP contribution >= 0.6 is 0 Å². The highest BCUT2D eigenvalue weighted by Gasteiger charge is 2.52. The fourth-order valence-corrected chi connectivity index (χ4v) is 5.72. The molecule has 2 heterocycles. The Morgan fingerprint density at radius 2 is 1.55 bits per heavy atom. The first-order valence-corrected chi connectivity index (χ1v) is 15.5. The molecule has 2 aliphatic heterocycles. The molecule has 0 aliphatic carbocycles. The number of carbonyl (C=O) groups excluding carboxylic acids is 3. The van der Waals surface area contributed by atoms with Crippen LogP contribution in [0.15, 0.2) is 103 Å². The molecule has 3 N–H and O–H groups in total. The maximum Gasteiger partial charge on any atom is 0.269 e. The number of amides is 3. The number of benzene rings is 4. The van der Waals surface area contributed by atoms with Crippen molar-refractivity contribution in [1.29, 1.82) is 0 Å². The first-order valence-electron chi connectivity index (χ1n) is 15.5. The molecule has 244 valence electrons. The molecule has 11 nitrogen and oxygen atoms in total. The number of hydrogen-bond donors (Lipinski definition) is 3. The Balaban J connectivity index is 1.19. The lowest BCUT2D eigenvalue weighted by Gasteiger charge is -2.49. The monoisotopic (exact) mass is 639 g/mol. The molecule has 47 heavy (non-hydrogen) atoms. The van der Waals surface area contributed by atoms with Crippen LogP contribution in [0.4, 0.5) is 0 Å². The Labute approximate surface area is 272 Å². The summed E-state index contributed by atoms with van der Waals surface area (Å²) in [6.07, 6.45) is -5.03. The van der Waals surface area contributed by atoms with E-state index in [-0.39, 0.29) is 19.1 Å². The standard InChI is InChI=1S/C36H37N3O8/c1-22(33(41)38-39-34(42)28-18-17-25-13-9-10-16-27(25)19-28)45-32-30(37-23(2)40)36(43-20-24-11-5-3-6-12-24)46-29-21-44-35(47-31(29)32)26-14-7-4-8-15-26/h3-19,22,29-32,35-36H,20-21H2,1-2H3,(H,37,40)(H,38,41)(H,39,42)/t22-,29+,30-,31-,32+,35+,36+/m1/s1. The van der Waals surface area contributed by atoms with Gasteiger partial charge in [0, 0.05) is 18.1 Å². The van der Waals surface area contributed by atoms with E-state index in [0.717, 1.165) is 21.9 Å². The van der Waals surface area contributed by atoms with Crippen LogP contribution in [0.2, 0.25) is 0 Å². The van der Waals surface area contributed by atoms with Gasteiger partial charge >= 0.3 is 0 Å². The minimum absolute atomic E-state index is 0.157. The Kier molecular flexibility index (Phi) is 10.2. The third kappa shape index (κ3) is 7.84. The molecule has 0 bridgehead atoms. The Morgan fingerprint density at radius 1 is 0.851 bits per heavy atom. The molecule has 6 rings (SSSR count). The highest BCUT2D eigenvalue weighted by atomic mass is 16.8. The Hall–Kier alpha value is -4.65. The number of carbonyl (C=O) groups is 3. The molecule has 2 fully saturated rings. The summed E-state index contributed by atoms with van der Waals surface area (Å²) in [4.78, 5) is 38.6. The van der Waals surface area contributed by atoms with Gasteiger partial charge in [-0.25, -0.2) is 0 Å². The van der Waals surface area contributed by atoms with Crippen molar-refractivity contribution in [3.05, 3.63) is 120 Å². The molecule has 0 saturated carbocycles. The predicted molar refractivity (Wildman–Crippen MR) is 171 cm³/mol. The van der Waals surface area contributed by atoms with Crippen LogP contribution in [0.1, 0.15) is 41.6 Å². The highest BCUT2D eigenvalue weighted by Crippen LogP contribution is 2.36. The van der Waals surface area contributed by atoms with Gasteiger partial charge in [0.1, 0.15) is 30.5 Å². The lowest BCUT2D eigenvalue weighted by Crippen LogP contribution is -2.68. The number of nitrogens with one attached hydrogen (secondary N) is 3. The van der Waals surface area contributed by atoms with Gasteiger partial charge in [0.05, 0.1) is 13.2 Å². The van der Waals surface area contributed by atoms with E-state index < -0.39 is 54.9 Å². The summed E-state index contributed by atoms with van der Waals surface area (Å²) in [6.45, 7) is 3.30. The summed E-state index contributed by atoms with van der Waals surface area (Å²) in [7, 11) is 0. The molecule has 0 aromatic heterocycles. The smallest absolute Gasteiger partial charge is 0.269 e. The van der Waals surface area contributed by atoms with E-state index in [9.17, 15) is 14.4 Å². The van der Waals surface area contributed by atoms with Crippen LogP contribution in [0.5, 0.6) is 0 Å².